The molecule has 0 bridgehead atoms. The summed E-state index contributed by atoms with van der Waals surface area (Å²) in [4.78, 5) is 14.4. The van der Waals surface area contributed by atoms with Gasteiger partial charge in [0.25, 0.3) is 5.91 Å². The molecule has 0 aliphatic rings. The van der Waals surface area contributed by atoms with Gasteiger partial charge in [0.05, 0.1) is 0 Å². The molecule has 1 aromatic rings. The first-order valence-corrected chi connectivity index (χ1v) is 6.78. The molecule has 0 radical (unpaired) electrons. The number of rotatable bonds is 6. The topological polar surface area (TPSA) is 44.4 Å². The van der Waals surface area contributed by atoms with Gasteiger partial charge in [-0.15, -0.1) is 0 Å². The van der Waals surface area contributed by atoms with Gasteiger partial charge in [0.2, 0.25) is 0 Å². The number of carbonyl (C=O) groups excluding carboxylic acids is 1. The van der Waals surface area contributed by atoms with Crippen molar-refractivity contribution in [2.45, 2.75) is 46.3 Å². The summed E-state index contributed by atoms with van der Waals surface area (Å²) in [6, 6.07) is 8.17. The summed E-state index contributed by atoms with van der Waals surface area (Å²) in [5.41, 5.74) is 7.79. The summed E-state index contributed by atoms with van der Waals surface area (Å²) < 4.78 is 0. The Balaban J connectivity index is 2.82. The molecule has 0 aliphatic heterocycles. The molecule has 0 atom stereocenters. The Hall–Kier alpha value is -1.39. The first-order chi connectivity index (χ1) is 8.97. The molecule has 0 aromatic heterocycles. The van der Waals surface area contributed by atoms with E-state index in [1.54, 1.807) is 0 Å². The lowest BCUT2D eigenvalue weighted by molar-refractivity contribution is 0.0643. The van der Waals surface area contributed by atoms with Crippen molar-refractivity contribution >= 4 is 5.91 Å². The van der Waals surface area contributed by atoms with Gasteiger partial charge in [0.15, 0.2) is 0 Å². The second kappa shape index (κ2) is 7.26. The number of hydrogen-bond acceptors (Lipinski definition) is 3. The third-order valence-corrected chi connectivity index (χ3v) is 3.02. The van der Waals surface area contributed by atoms with E-state index in [4.69, 9.17) is 0 Å². The summed E-state index contributed by atoms with van der Waals surface area (Å²) in [6.07, 6.45) is 0. The van der Waals surface area contributed by atoms with Gasteiger partial charge in [-0.2, -0.15) is 0 Å². The van der Waals surface area contributed by atoms with Crippen LogP contribution in [-0.2, 0) is 6.54 Å². The highest BCUT2D eigenvalue weighted by molar-refractivity contribution is 5.94. The fourth-order valence-electron chi connectivity index (χ4n) is 2.17. The van der Waals surface area contributed by atoms with E-state index in [0.29, 0.717) is 0 Å². The van der Waals surface area contributed by atoms with Crippen LogP contribution in [-0.4, -0.2) is 29.9 Å². The van der Waals surface area contributed by atoms with Crippen LogP contribution in [0.5, 0.6) is 0 Å². The lowest BCUT2D eigenvalue weighted by Gasteiger charge is -2.30. The molecule has 1 aromatic carbocycles. The van der Waals surface area contributed by atoms with Crippen LogP contribution in [0, 0.1) is 0 Å². The average Bonchev–Trinajstić information content (AvgIpc) is 2.36. The number of nitrogens with one attached hydrogen (secondary N) is 2. The Labute approximate surface area is 116 Å². The molecule has 1 amide bonds. The zero-order valence-electron chi connectivity index (χ0n) is 12.5. The Morgan fingerprint density at radius 2 is 1.63 bits per heavy atom. The molecule has 4 heteroatoms. The highest BCUT2D eigenvalue weighted by Gasteiger charge is 2.21. The average molecular weight is 263 g/mol. The van der Waals surface area contributed by atoms with E-state index in [0.717, 1.165) is 17.7 Å². The number of hydrogen-bond donors (Lipinski definition) is 2. The van der Waals surface area contributed by atoms with Gasteiger partial charge in [0, 0.05) is 24.2 Å². The van der Waals surface area contributed by atoms with E-state index >= 15 is 0 Å². The van der Waals surface area contributed by atoms with Gasteiger partial charge in [-0.05, 0) is 52.4 Å². The van der Waals surface area contributed by atoms with Crippen molar-refractivity contribution in [3.63, 3.8) is 0 Å². The molecule has 1 rings (SSSR count). The third kappa shape index (κ3) is 4.33. The Morgan fingerprint density at radius 3 is 2.05 bits per heavy atom. The van der Waals surface area contributed by atoms with Crippen LogP contribution in [0.15, 0.2) is 24.3 Å². The molecule has 0 unspecified atom stereocenters. The van der Waals surface area contributed by atoms with E-state index in [-0.39, 0.29) is 18.0 Å². The van der Waals surface area contributed by atoms with Crippen molar-refractivity contribution in [3.8, 4) is 0 Å². The van der Waals surface area contributed by atoms with Crippen molar-refractivity contribution in [1.82, 2.24) is 15.8 Å². The number of hydrazine groups is 1. The van der Waals surface area contributed by atoms with Crippen molar-refractivity contribution in [3.05, 3.63) is 35.4 Å². The molecular formula is C15H25N3O. The normalized spacial score (nSPS) is 11.1. The maximum Gasteiger partial charge on any atom is 0.254 e. The summed E-state index contributed by atoms with van der Waals surface area (Å²) in [6.45, 7) is 8.92. The molecule has 0 aliphatic carbocycles. The van der Waals surface area contributed by atoms with E-state index in [1.807, 2.05) is 63.9 Å². The second-order valence-electron chi connectivity index (χ2n) is 5.20. The minimum atomic E-state index is 0.0955. The smallest absolute Gasteiger partial charge is 0.254 e. The first-order valence-electron chi connectivity index (χ1n) is 6.78. The predicted molar refractivity (Wildman–Crippen MR) is 78.8 cm³/mol. The number of nitrogens with zero attached hydrogens (tertiary/aromatic N) is 1. The summed E-state index contributed by atoms with van der Waals surface area (Å²) in [7, 11) is 1.83. The maximum absolute atomic E-state index is 12.5. The first kappa shape index (κ1) is 15.7. The molecule has 2 N–H and O–H groups in total. The third-order valence-electron chi connectivity index (χ3n) is 3.02. The zero-order chi connectivity index (χ0) is 14.4. The van der Waals surface area contributed by atoms with Gasteiger partial charge in [-0.3, -0.25) is 15.6 Å². The molecule has 106 valence electrons. The molecule has 0 saturated carbocycles. The standard InChI is InChI=1S/C15H25N3O/c1-11(2)18(12(3)4)15(19)14-8-6-13(7-9-14)10-17-16-5/h6-9,11-12,16-17H,10H2,1-5H3. The molecular weight excluding hydrogens is 238 g/mol. The summed E-state index contributed by atoms with van der Waals surface area (Å²) in [5, 5.41) is 0. The molecule has 0 spiro atoms. The minimum Gasteiger partial charge on any atom is -0.334 e. The van der Waals surface area contributed by atoms with Crippen LogP contribution >= 0.6 is 0 Å². The predicted octanol–water partition coefficient (Wildman–Crippen LogP) is 2.17. The van der Waals surface area contributed by atoms with Crippen molar-refractivity contribution in [2.24, 2.45) is 0 Å². The molecule has 4 nitrogen and oxygen atoms in total. The maximum atomic E-state index is 12.5. The zero-order valence-corrected chi connectivity index (χ0v) is 12.5. The monoisotopic (exact) mass is 263 g/mol. The highest BCUT2D eigenvalue weighted by atomic mass is 16.2. The number of amides is 1. The lowest BCUT2D eigenvalue weighted by Crippen LogP contribution is -2.42. The van der Waals surface area contributed by atoms with Gasteiger partial charge >= 0.3 is 0 Å². The summed E-state index contributed by atoms with van der Waals surface area (Å²) in [5.74, 6) is 0.0955. The van der Waals surface area contributed by atoms with Crippen molar-refractivity contribution in [1.29, 1.82) is 0 Å². The molecule has 0 heterocycles. The van der Waals surface area contributed by atoms with E-state index in [9.17, 15) is 4.79 Å². The fourth-order valence-corrected chi connectivity index (χ4v) is 2.17. The van der Waals surface area contributed by atoms with Gasteiger partial charge in [0.1, 0.15) is 0 Å². The second-order valence-corrected chi connectivity index (χ2v) is 5.20. The van der Waals surface area contributed by atoms with E-state index < -0.39 is 0 Å². The van der Waals surface area contributed by atoms with E-state index in [2.05, 4.69) is 10.9 Å². The van der Waals surface area contributed by atoms with Gasteiger partial charge in [-0.25, -0.2) is 0 Å². The van der Waals surface area contributed by atoms with E-state index in [1.165, 1.54) is 0 Å². The molecule has 0 saturated heterocycles. The van der Waals surface area contributed by atoms with Crippen LogP contribution in [0.25, 0.3) is 0 Å². The Kier molecular flexibility index (Phi) is 5.99. The van der Waals surface area contributed by atoms with Crippen molar-refractivity contribution < 1.29 is 4.79 Å². The Bertz CT molecular complexity index is 390. The fraction of sp³-hybridized carbons (Fsp3) is 0.533. The molecule has 0 fully saturated rings. The van der Waals surface area contributed by atoms with Crippen LogP contribution in [0.2, 0.25) is 0 Å². The van der Waals surface area contributed by atoms with Crippen LogP contribution in [0.4, 0.5) is 0 Å². The molecule has 19 heavy (non-hydrogen) atoms. The number of carbonyl (C=O) groups is 1. The lowest BCUT2D eigenvalue weighted by atomic mass is 10.1. The van der Waals surface area contributed by atoms with Gasteiger partial charge in [-0.1, -0.05) is 12.1 Å². The van der Waals surface area contributed by atoms with Crippen LogP contribution < -0.4 is 10.9 Å². The minimum absolute atomic E-state index is 0.0955. The van der Waals surface area contributed by atoms with Gasteiger partial charge < -0.3 is 4.90 Å². The quantitative estimate of drug-likeness (QED) is 0.773. The highest BCUT2D eigenvalue weighted by Crippen LogP contribution is 2.13. The largest absolute Gasteiger partial charge is 0.334 e. The van der Waals surface area contributed by atoms with Crippen LogP contribution in [0.1, 0.15) is 43.6 Å². The van der Waals surface area contributed by atoms with Crippen molar-refractivity contribution in [2.75, 3.05) is 7.05 Å². The summed E-state index contributed by atoms with van der Waals surface area (Å²) >= 11 is 0. The Morgan fingerprint density at radius 1 is 1.11 bits per heavy atom. The number of benzene rings is 1. The SMILES string of the molecule is CNNCc1ccc(C(=O)N(C(C)C)C(C)C)cc1. The van der Waals surface area contributed by atoms with Crippen LogP contribution in [0.3, 0.4) is 0 Å².